The molecule has 2 atom stereocenters. The Morgan fingerprint density at radius 1 is 0.875 bits per heavy atom. The number of halogens is 2. The molecular formula is C21H18Cl2Zr. The number of fused-ring (bicyclic) bond motifs is 1. The van der Waals surface area contributed by atoms with Crippen LogP contribution in [0.1, 0.15) is 34.9 Å². The Kier molecular flexibility index (Phi) is 8.44. The molecule has 3 heteroatoms. The molecule has 0 aromatic heterocycles. The molecule has 0 nitrogen and oxygen atoms in total. The van der Waals surface area contributed by atoms with Crippen LogP contribution >= 0.6 is 0 Å². The standard InChI is InChI=1S/C21H18.2ClH.Zr/c1-2-9-17(10-3-1)21(18-11-4-5-12-18)20-15-14-16-8-6-7-13-19(16)20;;;/h1-11,13-15,20-21H,12H2;2*1H;/q;;;+2/p-2. The SMILES string of the molecule is C1=CCC(C(c2ccccc2)C2C=Cc3ccccc32)=C1.[Cl-].[Cl-].[Zr+2]. The molecule has 2 aromatic carbocycles. The first kappa shape index (κ1) is 21.2. The smallest absolute Gasteiger partial charge is 1.00 e. The summed E-state index contributed by atoms with van der Waals surface area (Å²) in [5.41, 5.74) is 5.76. The van der Waals surface area contributed by atoms with Crippen molar-refractivity contribution in [1.29, 1.82) is 0 Å². The Morgan fingerprint density at radius 2 is 1.58 bits per heavy atom. The van der Waals surface area contributed by atoms with Crippen molar-refractivity contribution in [3.63, 3.8) is 0 Å². The zero-order chi connectivity index (χ0) is 14.1. The third-order valence-corrected chi connectivity index (χ3v) is 4.56. The zero-order valence-electron chi connectivity index (χ0n) is 13.2. The van der Waals surface area contributed by atoms with Gasteiger partial charge >= 0.3 is 26.2 Å². The van der Waals surface area contributed by atoms with E-state index >= 15 is 0 Å². The van der Waals surface area contributed by atoms with Gasteiger partial charge in [0.05, 0.1) is 0 Å². The van der Waals surface area contributed by atoms with Gasteiger partial charge < -0.3 is 24.8 Å². The van der Waals surface area contributed by atoms with Crippen LogP contribution in [0.25, 0.3) is 6.08 Å². The molecule has 0 saturated heterocycles. The van der Waals surface area contributed by atoms with Gasteiger partial charge in [0.15, 0.2) is 0 Å². The molecule has 0 fully saturated rings. The van der Waals surface area contributed by atoms with Crippen molar-refractivity contribution in [1.82, 2.24) is 0 Å². The molecule has 0 bridgehead atoms. The molecule has 24 heavy (non-hydrogen) atoms. The maximum absolute atomic E-state index is 2.38. The largest absolute Gasteiger partial charge is 2.00 e. The number of benzene rings is 2. The molecule has 0 heterocycles. The second kappa shape index (κ2) is 9.57. The van der Waals surface area contributed by atoms with Gasteiger partial charge in [-0.25, -0.2) is 0 Å². The first-order valence-corrected chi connectivity index (χ1v) is 7.61. The normalized spacial score (nSPS) is 17.8. The Bertz CT molecular complexity index is 747. The van der Waals surface area contributed by atoms with Crippen molar-refractivity contribution >= 4 is 6.08 Å². The van der Waals surface area contributed by atoms with Gasteiger partial charge in [0, 0.05) is 11.8 Å². The third-order valence-electron chi connectivity index (χ3n) is 4.56. The van der Waals surface area contributed by atoms with Crippen molar-refractivity contribution in [3.8, 4) is 0 Å². The maximum atomic E-state index is 2.38. The number of hydrogen-bond donors (Lipinski definition) is 0. The van der Waals surface area contributed by atoms with Crippen molar-refractivity contribution in [3.05, 3.63) is 101 Å². The quantitative estimate of drug-likeness (QED) is 0.612. The molecule has 2 aromatic rings. The predicted molar refractivity (Wildman–Crippen MR) is 89.2 cm³/mol. The average molecular weight is 433 g/mol. The average Bonchev–Trinajstić information content (AvgIpc) is 3.20. The fourth-order valence-electron chi connectivity index (χ4n) is 3.57. The van der Waals surface area contributed by atoms with Gasteiger partial charge in [0.1, 0.15) is 0 Å². The van der Waals surface area contributed by atoms with Gasteiger partial charge in [0.25, 0.3) is 0 Å². The summed E-state index contributed by atoms with van der Waals surface area (Å²) in [7, 11) is 0. The molecule has 0 spiro atoms. The number of hydrogen-bond acceptors (Lipinski definition) is 0. The van der Waals surface area contributed by atoms with E-state index in [1.54, 1.807) is 0 Å². The van der Waals surface area contributed by atoms with Gasteiger partial charge in [-0.2, -0.15) is 0 Å². The van der Waals surface area contributed by atoms with Crippen molar-refractivity contribution < 1.29 is 51.0 Å². The molecule has 0 N–H and O–H groups in total. The zero-order valence-corrected chi connectivity index (χ0v) is 17.2. The molecule has 0 amide bonds. The second-order valence-corrected chi connectivity index (χ2v) is 5.78. The topological polar surface area (TPSA) is 0 Å². The van der Waals surface area contributed by atoms with E-state index in [4.69, 9.17) is 0 Å². The van der Waals surface area contributed by atoms with Crippen LogP contribution in [0, 0.1) is 0 Å². The first-order chi connectivity index (χ1) is 10.4. The summed E-state index contributed by atoms with van der Waals surface area (Å²) in [6.07, 6.45) is 12.5. The van der Waals surface area contributed by atoms with Crippen LogP contribution in [0.4, 0.5) is 0 Å². The van der Waals surface area contributed by atoms with E-state index in [9.17, 15) is 0 Å². The predicted octanol–water partition coefficient (Wildman–Crippen LogP) is -0.527. The third kappa shape index (κ3) is 4.02. The molecule has 0 aliphatic heterocycles. The molecule has 0 saturated carbocycles. The Morgan fingerprint density at radius 3 is 2.29 bits per heavy atom. The van der Waals surface area contributed by atoms with Crippen LogP contribution in [-0.4, -0.2) is 0 Å². The van der Waals surface area contributed by atoms with E-state index in [1.807, 2.05) is 0 Å². The monoisotopic (exact) mass is 430 g/mol. The van der Waals surface area contributed by atoms with E-state index < -0.39 is 0 Å². The minimum atomic E-state index is 0. The summed E-state index contributed by atoms with van der Waals surface area (Å²) in [6, 6.07) is 19.7. The van der Waals surface area contributed by atoms with Gasteiger partial charge in [0.2, 0.25) is 0 Å². The number of rotatable bonds is 3. The van der Waals surface area contributed by atoms with Gasteiger partial charge in [-0.05, 0) is 23.1 Å². The van der Waals surface area contributed by atoms with Crippen LogP contribution in [0.15, 0.2) is 84.5 Å². The molecular weight excluding hydrogens is 414 g/mol. The molecule has 2 aliphatic carbocycles. The molecule has 120 valence electrons. The van der Waals surface area contributed by atoms with Crippen LogP contribution in [-0.2, 0) is 26.2 Å². The van der Waals surface area contributed by atoms with E-state index in [1.165, 1.54) is 22.3 Å². The minimum absolute atomic E-state index is 0. The number of allylic oxidation sites excluding steroid dienone is 5. The van der Waals surface area contributed by atoms with Crippen molar-refractivity contribution in [2.45, 2.75) is 18.3 Å². The second-order valence-electron chi connectivity index (χ2n) is 5.78. The Hall–Kier alpha value is -0.877. The Labute approximate surface area is 175 Å². The fourth-order valence-corrected chi connectivity index (χ4v) is 3.57. The molecule has 4 rings (SSSR count). The van der Waals surface area contributed by atoms with E-state index in [2.05, 4.69) is 85.0 Å². The summed E-state index contributed by atoms with van der Waals surface area (Å²) in [5, 5.41) is 0. The summed E-state index contributed by atoms with van der Waals surface area (Å²) in [4.78, 5) is 0. The minimum Gasteiger partial charge on any atom is -1.00 e. The summed E-state index contributed by atoms with van der Waals surface area (Å²) < 4.78 is 0. The summed E-state index contributed by atoms with van der Waals surface area (Å²) in [5.74, 6) is 0.899. The van der Waals surface area contributed by atoms with E-state index in [0.29, 0.717) is 11.8 Å². The van der Waals surface area contributed by atoms with Crippen LogP contribution in [0.5, 0.6) is 0 Å². The summed E-state index contributed by atoms with van der Waals surface area (Å²) >= 11 is 0. The molecule has 0 radical (unpaired) electrons. The maximum Gasteiger partial charge on any atom is 2.00 e. The molecule has 2 unspecified atom stereocenters. The Balaban J connectivity index is 0.000000960. The molecule has 2 aliphatic rings. The van der Waals surface area contributed by atoms with Crippen LogP contribution < -0.4 is 24.8 Å². The van der Waals surface area contributed by atoms with Crippen LogP contribution in [0.3, 0.4) is 0 Å². The fraction of sp³-hybridized carbons (Fsp3) is 0.143. The van der Waals surface area contributed by atoms with Crippen LogP contribution in [0.2, 0.25) is 0 Å². The van der Waals surface area contributed by atoms with E-state index in [-0.39, 0.29) is 51.0 Å². The first-order valence-electron chi connectivity index (χ1n) is 7.61. The van der Waals surface area contributed by atoms with Gasteiger partial charge in [-0.15, -0.1) is 0 Å². The van der Waals surface area contributed by atoms with Gasteiger partial charge in [-0.1, -0.05) is 90.6 Å². The van der Waals surface area contributed by atoms with Gasteiger partial charge in [-0.3, -0.25) is 0 Å². The summed E-state index contributed by atoms with van der Waals surface area (Å²) in [6.45, 7) is 0. The van der Waals surface area contributed by atoms with E-state index in [0.717, 1.165) is 6.42 Å². The van der Waals surface area contributed by atoms with Crippen molar-refractivity contribution in [2.75, 3.05) is 0 Å². The van der Waals surface area contributed by atoms with Crippen molar-refractivity contribution in [2.24, 2.45) is 0 Å².